The summed E-state index contributed by atoms with van der Waals surface area (Å²) < 4.78 is 7.61. The minimum Gasteiger partial charge on any atom is -0.494 e. The van der Waals surface area contributed by atoms with Crippen molar-refractivity contribution in [3.8, 4) is 5.75 Å². The molecule has 1 aromatic heterocycles. The van der Waals surface area contributed by atoms with Gasteiger partial charge in [-0.05, 0) is 49.9 Å². The van der Waals surface area contributed by atoms with Gasteiger partial charge in [-0.25, -0.2) is 4.68 Å². The normalized spacial score (nSPS) is 19.7. The van der Waals surface area contributed by atoms with Crippen molar-refractivity contribution in [1.82, 2.24) is 19.9 Å². The third-order valence-corrected chi connectivity index (χ3v) is 5.22. The van der Waals surface area contributed by atoms with Gasteiger partial charge in [-0.15, -0.1) is 5.10 Å². The monoisotopic (exact) mass is 354 g/mol. The van der Waals surface area contributed by atoms with Gasteiger partial charge in [-0.2, -0.15) is 0 Å². The highest BCUT2D eigenvalue weighted by molar-refractivity contribution is 5.94. The second kappa shape index (κ2) is 7.48. The molecule has 6 heteroatoms. The smallest absolute Gasteiger partial charge is 0.253 e. The first-order chi connectivity index (χ1) is 12.7. The molecule has 1 aliphatic carbocycles. The predicted octanol–water partition coefficient (Wildman–Crippen LogP) is 3.42. The van der Waals surface area contributed by atoms with Gasteiger partial charge < -0.3 is 9.64 Å². The Bertz CT molecular complexity index is 751. The molecule has 6 nitrogen and oxygen atoms in total. The number of hydrogen-bond acceptors (Lipinski definition) is 4. The Morgan fingerprint density at radius 1 is 1.23 bits per heavy atom. The van der Waals surface area contributed by atoms with E-state index in [2.05, 4.69) is 23.4 Å². The molecule has 26 heavy (non-hydrogen) atoms. The zero-order chi connectivity index (χ0) is 17.9. The molecule has 0 bridgehead atoms. The number of carbonyl (C=O) groups is 1. The van der Waals surface area contributed by atoms with Crippen molar-refractivity contribution in [2.24, 2.45) is 0 Å². The van der Waals surface area contributed by atoms with Gasteiger partial charge in [0.25, 0.3) is 5.91 Å². The Hall–Kier alpha value is -2.37. The zero-order valence-corrected chi connectivity index (χ0v) is 15.3. The van der Waals surface area contributed by atoms with Crippen LogP contribution in [0.3, 0.4) is 0 Å². The molecule has 2 fully saturated rings. The second-order valence-corrected chi connectivity index (χ2v) is 7.32. The molecule has 0 spiro atoms. The van der Waals surface area contributed by atoms with Crippen LogP contribution >= 0.6 is 0 Å². The van der Waals surface area contributed by atoms with E-state index in [1.165, 1.54) is 12.8 Å². The van der Waals surface area contributed by atoms with Crippen LogP contribution in [0.25, 0.3) is 0 Å². The van der Waals surface area contributed by atoms with Crippen LogP contribution in [0.5, 0.6) is 5.75 Å². The molecule has 1 saturated heterocycles. The van der Waals surface area contributed by atoms with E-state index in [1.807, 2.05) is 33.8 Å². The summed E-state index contributed by atoms with van der Waals surface area (Å²) >= 11 is 0. The Kier molecular flexibility index (Phi) is 4.91. The SMILES string of the molecule is CCCCOc1ccc(C(=O)N2CCC(n3cc(C4CC4)nn3)C2)cc1. The summed E-state index contributed by atoms with van der Waals surface area (Å²) in [6.45, 7) is 4.32. The Labute approximate surface area is 154 Å². The molecular weight excluding hydrogens is 328 g/mol. The fraction of sp³-hybridized carbons (Fsp3) is 0.550. The lowest BCUT2D eigenvalue weighted by Gasteiger charge is -2.17. The number of aromatic nitrogens is 3. The lowest BCUT2D eigenvalue weighted by molar-refractivity contribution is 0.0787. The van der Waals surface area contributed by atoms with Gasteiger partial charge in [0.1, 0.15) is 5.75 Å². The van der Waals surface area contributed by atoms with E-state index in [-0.39, 0.29) is 11.9 Å². The van der Waals surface area contributed by atoms with Gasteiger partial charge in [0.15, 0.2) is 0 Å². The average molecular weight is 354 g/mol. The molecule has 2 aliphatic rings. The van der Waals surface area contributed by atoms with Crippen LogP contribution in [-0.4, -0.2) is 45.5 Å². The molecule has 1 amide bonds. The first-order valence-corrected chi connectivity index (χ1v) is 9.68. The van der Waals surface area contributed by atoms with Crippen molar-refractivity contribution in [2.75, 3.05) is 19.7 Å². The predicted molar refractivity (Wildman–Crippen MR) is 98.4 cm³/mol. The second-order valence-electron chi connectivity index (χ2n) is 7.32. The lowest BCUT2D eigenvalue weighted by Crippen LogP contribution is -2.29. The fourth-order valence-electron chi connectivity index (χ4n) is 3.39. The molecule has 2 heterocycles. The lowest BCUT2D eigenvalue weighted by atomic mass is 10.2. The van der Waals surface area contributed by atoms with Crippen LogP contribution in [0, 0.1) is 0 Å². The molecule has 1 aliphatic heterocycles. The van der Waals surface area contributed by atoms with Crippen LogP contribution in [0.1, 0.15) is 67.0 Å². The van der Waals surface area contributed by atoms with Crippen molar-refractivity contribution in [1.29, 1.82) is 0 Å². The molecular formula is C20H26N4O2. The molecule has 2 aromatic rings. The number of ether oxygens (including phenoxy) is 1. The third-order valence-electron chi connectivity index (χ3n) is 5.22. The molecule has 0 radical (unpaired) electrons. The molecule has 138 valence electrons. The van der Waals surface area contributed by atoms with Gasteiger partial charge in [-0.3, -0.25) is 4.79 Å². The minimum absolute atomic E-state index is 0.0788. The standard InChI is InChI=1S/C20H26N4O2/c1-2-3-12-26-18-8-6-16(7-9-18)20(25)23-11-10-17(13-23)24-14-19(21-22-24)15-4-5-15/h6-9,14-15,17H,2-5,10-13H2,1H3. The fourth-order valence-corrected chi connectivity index (χ4v) is 3.39. The highest BCUT2D eigenvalue weighted by atomic mass is 16.5. The first-order valence-electron chi connectivity index (χ1n) is 9.68. The van der Waals surface area contributed by atoms with E-state index in [4.69, 9.17) is 4.74 Å². The summed E-state index contributed by atoms with van der Waals surface area (Å²) in [6.07, 6.45) is 7.61. The molecule has 1 saturated carbocycles. The average Bonchev–Trinajstić information content (AvgIpc) is 3.20. The molecule has 1 unspecified atom stereocenters. The van der Waals surface area contributed by atoms with E-state index >= 15 is 0 Å². The Morgan fingerprint density at radius 2 is 2.04 bits per heavy atom. The molecule has 4 rings (SSSR count). The van der Waals surface area contributed by atoms with Crippen molar-refractivity contribution in [3.05, 3.63) is 41.7 Å². The quantitative estimate of drug-likeness (QED) is 0.715. The van der Waals surface area contributed by atoms with Crippen molar-refractivity contribution in [2.45, 2.75) is 51.0 Å². The molecule has 1 aromatic carbocycles. The van der Waals surface area contributed by atoms with Crippen LogP contribution in [-0.2, 0) is 0 Å². The van der Waals surface area contributed by atoms with Gasteiger partial charge >= 0.3 is 0 Å². The Morgan fingerprint density at radius 3 is 2.77 bits per heavy atom. The van der Waals surface area contributed by atoms with E-state index in [1.54, 1.807) is 0 Å². The summed E-state index contributed by atoms with van der Waals surface area (Å²) in [5.74, 6) is 1.51. The molecule has 1 atom stereocenters. The van der Waals surface area contributed by atoms with E-state index in [0.717, 1.165) is 43.9 Å². The summed E-state index contributed by atoms with van der Waals surface area (Å²) in [7, 11) is 0. The minimum atomic E-state index is 0.0788. The van der Waals surface area contributed by atoms with Crippen LogP contribution < -0.4 is 4.74 Å². The van der Waals surface area contributed by atoms with Gasteiger partial charge in [0.2, 0.25) is 0 Å². The maximum Gasteiger partial charge on any atom is 0.253 e. The number of unbranched alkanes of at least 4 members (excludes halogenated alkanes) is 1. The highest BCUT2D eigenvalue weighted by Gasteiger charge is 2.31. The number of nitrogens with zero attached hydrogens (tertiary/aromatic N) is 4. The summed E-state index contributed by atoms with van der Waals surface area (Å²) in [4.78, 5) is 14.7. The van der Waals surface area contributed by atoms with Gasteiger partial charge in [-0.1, -0.05) is 18.6 Å². The number of benzene rings is 1. The first kappa shape index (κ1) is 17.1. The Balaban J connectivity index is 1.34. The topological polar surface area (TPSA) is 60.2 Å². The van der Waals surface area contributed by atoms with Crippen LogP contribution in [0.4, 0.5) is 0 Å². The van der Waals surface area contributed by atoms with Crippen LogP contribution in [0.2, 0.25) is 0 Å². The summed E-state index contributed by atoms with van der Waals surface area (Å²) in [5.41, 5.74) is 1.82. The van der Waals surface area contributed by atoms with Gasteiger partial charge in [0.05, 0.1) is 18.3 Å². The third kappa shape index (κ3) is 3.74. The van der Waals surface area contributed by atoms with Gasteiger partial charge in [0, 0.05) is 30.8 Å². The van der Waals surface area contributed by atoms with E-state index < -0.39 is 0 Å². The number of likely N-dealkylation sites (tertiary alicyclic amines) is 1. The zero-order valence-electron chi connectivity index (χ0n) is 15.3. The van der Waals surface area contributed by atoms with Crippen molar-refractivity contribution >= 4 is 5.91 Å². The highest BCUT2D eigenvalue weighted by Crippen LogP contribution is 2.39. The van der Waals surface area contributed by atoms with Crippen LogP contribution in [0.15, 0.2) is 30.5 Å². The van der Waals surface area contributed by atoms with Crippen molar-refractivity contribution < 1.29 is 9.53 Å². The summed E-state index contributed by atoms with van der Waals surface area (Å²) in [5, 5.41) is 8.57. The van der Waals surface area contributed by atoms with E-state index in [9.17, 15) is 4.79 Å². The number of carbonyl (C=O) groups excluding carboxylic acids is 1. The largest absolute Gasteiger partial charge is 0.494 e. The number of rotatable bonds is 7. The maximum absolute atomic E-state index is 12.8. The maximum atomic E-state index is 12.8. The number of hydrogen-bond donors (Lipinski definition) is 0. The van der Waals surface area contributed by atoms with Crippen molar-refractivity contribution in [3.63, 3.8) is 0 Å². The van der Waals surface area contributed by atoms with E-state index in [0.29, 0.717) is 18.0 Å². The summed E-state index contributed by atoms with van der Waals surface area (Å²) in [6, 6.07) is 7.72. The number of amides is 1. The molecule has 0 N–H and O–H groups in total.